The molecule has 0 spiro atoms. The summed E-state index contributed by atoms with van der Waals surface area (Å²) in [6.45, 7) is 1.97. The first-order chi connectivity index (χ1) is 12.5. The van der Waals surface area contributed by atoms with Crippen molar-refractivity contribution in [1.82, 2.24) is 20.6 Å². The number of rotatable bonds is 6. The van der Waals surface area contributed by atoms with Gasteiger partial charge in [-0.05, 0) is 47.1 Å². The van der Waals surface area contributed by atoms with Crippen molar-refractivity contribution in [2.24, 2.45) is 0 Å². The van der Waals surface area contributed by atoms with Gasteiger partial charge in [0.05, 0.1) is 20.9 Å². The van der Waals surface area contributed by atoms with E-state index in [1.807, 2.05) is 17.5 Å². The van der Waals surface area contributed by atoms with Gasteiger partial charge in [-0.15, -0.1) is 22.7 Å². The number of nitrogens with zero attached hydrogens (tertiary/aromatic N) is 2. The zero-order chi connectivity index (χ0) is 18.5. The molecule has 3 heterocycles. The summed E-state index contributed by atoms with van der Waals surface area (Å²) in [6.07, 6.45) is 3.43. The van der Waals surface area contributed by atoms with Crippen molar-refractivity contribution in [2.45, 2.75) is 19.5 Å². The first kappa shape index (κ1) is 18.7. The molecular formula is C17H15BrN4O2S2. The summed E-state index contributed by atoms with van der Waals surface area (Å²) < 4.78 is 0.869. The van der Waals surface area contributed by atoms with Crippen LogP contribution in [0.15, 0.2) is 45.8 Å². The lowest BCUT2D eigenvalue weighted by Gasteiger charge is -2.12. The maximum atomic E-state index is 12.2. The van der Waals surface area contributed by atoms with Gasteiger partial charge in [0.15, 0.2) is 0 Å². The van der Waals surface area contributed by atoms with E-state index < -0.39 is 6.04 Å². The van der Waals surface area contributed by atoms with Gasteiger partial charge < -0.3 is 10.6 Å². The summed E-state index contributed by atoms with van der Waals surface area (Å²) >= 11 is 6.11. The van der Waals surface area contributed by atoms with Crippen molar-refractivity contribution in [3.05, 3.63) is 55.7 Å². The van der Waals surface area contributed by atoms with E-state index >= 15 is 0 Å². The molecule has 26 heavy (non-hydrogen) atoms. The minimum atomic E-state index is -0.636. The van der Waals surface area contributed by atoms with Crippen molar-refractivity contribution < 1.29 is 9.59 Å². The van der Waals surface area contributed by atoms with Gasteiger partial charge in [-0.25, -0.2) is 4.98 Å². The summed E-state index contributed by atoms with van der Waals surface area (Å²) in [5, 5.41) is 8.23. The Labute approximate surface area is 166 Å². The molecule has 134 valence electrons. The average molecular weight is 451 g/mol. The SMILES string of the molecule is CC(NC(=O)c1ccc(Br)s1)C(=O)NCc1nc(-c2ccncc2)cs1. The average Bonchev–Trinajstić information content (AvgIpc) is 3.29. The molecule has 3 aromatic heterocycles. The molecule has 0 aliphatic carbocycles. The largest absolute Gasteiger partial charge is 0.348 e. The van der Waals surface area contributed by atoms with Gasteiger partial charge >= 0.3 is 0 Å². The molecule has 0 radical (unpaired) electrons. The zero-order valence-corrected chi connectivity index (χ0v) is 17.0. The van der Waals surface area contributed by atoms with Crippen LogP contribution in [-0.2, 0) is 11.3 Å². The standard InChI is InChI=1S/C17H15BrN4O2S2/c1-10(21-17(24)13-2-3-14(18)26-13)16(23)20-8-15-22-12(9-25-15)11-4-6-19-7-5-11/h2-7,9-10H,8H2,1H3,(H,20,23)(H,21,24). The number of carbonyl (C=O) groups is 2. The molecule has 0 bridgehead atoms. The molecular weight excluding hydrogens is 436 g/mol. The fourth-order valence-corrected chi connectivity index (χ4v) is 4.17. The summed E-state index contributed by atoms with van der Waals surface area (Å²) in [5.74, 6) is -0.521. The highest BCUT2D eigenvalue weighted by molar-refractivity contribution is 9.11. The number of thiazole rings is 1. The Bertz CT molecular complexity index is 910. The molecule has 9 heteroatoms. The zero-order valence-electron chi connectivity index (χ0n) is 13.7. The molecule has 3 rings (SSSR count). The van der Waals surface area contributed by atoms with E-state index in [0.29, 0.717) is 11.4 Å². The lowest BCUT2D eigenvalue weighted by atomic mass is 10.2. The van der Waals surface area contributed by atoms with Crippen LogP contribution in [0.1, 0.15) is 21.6 Å². The van der Waals surface area contributed by atoms with Crippen LogP contribution >= 0.6 is 38.6 Å². The Morgan fingerprint density at radius 1 is 1.23 bits per heavy atom. The number of nitrogens with one attached hydrogen (secondary N) is 2. The predicted octanol–water partition coefficient (Wildman–Crippen LogP) is 3.46. The van der Waals surface area contributed by atoms with E-state index in [1.165, 1.54) is 22.7 Å². The van der Waals surface area contributed by atoms with Crippen LogP contribution in [0.2, 0.25) is 0 Å². The van der Waals surface area contributed by atoms with E-state index in [1.54, 1.807) is 31.5 Å². The Balaban J connectivity index is 1.52. The third-order valence-corrected chi connectivity index (χ3v) is 5.95. The lowest BCUT2D eigenvalue weighted by molar-refractivity contribution is -0.122. The van der Waals surface area contributed by atoms with Gasteiger partial charge in [-0.2, -0.15) is 0 Å². The highest BCUT2D eigenvalue weighted by Gasteiger charge is 2.18. The Morgan fingerprint density at radius 3 is 2.69 bits per heavy atom. The maximum absolute atomic E-state index is 12.2. The second-order valence-corrected chi connectivity index (χ2v) is 8.78. The smallest absolute Gasteiger partial charge is 0.262 e. The summed E-state index contributed by atoms with van der Waals surface area (Å²) in [7, 11) is 0. The van der Waals surface area contributed by atoms with Gasteiger partial charge in [0, 0.05) is 23.3 Å². The van der Waals surface area contributed by atoms with E-state index in [0.717, 1.165) is 20.1 Å². The van der Waals surface area contributed by atoms with Crippen molar-refractivity contribution in [2.75, 3.05) is 0 Å². The molecule has 0 saturated heterocycles. The quantitative estimate of drug-likeness (QED) is 0.601. The molecule has 3 aromatic rings. The second-order valence-electron chi connectivity index (χ2n) is 5.38. The monoisotopic (exact) mass is 450 g/mol. The van der Waals surface area contributed by atoms with Crippen molar-refractivity contribution in [1.29, 1.82) is 0 Å². The normalized spacial score (nSPS) is 11.8. The summed E-state index contributed by atoms with van der Waals surface area (Å²) in [6, 6.07) is 6.65. The highest BCUT2D eigenvalue weighted by Crippen LogP contribution is 2.22. The maximum Gasteiger partial charge on any atom is 0.262 e. The van der Waals surface area contributed by atoms with Crippen LogP contribution in [0, 0.1) is 0 Å². The summed E-state index contributed by atoms with van der Waals surface area (Å²) in [4.78, 5) is 33.3. The van der Waals surface area contributed by atoms with E-state index in [-0.39, 0.29) is 11.8 Å². The molecule has 6 nitrogen and oxygen atoms in total. The first-order valence-electron chi connectivity index (χ1n) is 7.71. The van der Waals surface area contributed by atoms with Crippen LogP contribution in [0.25, 0.3) is 11.3 Å². The molecule has 0 fully saturated rings. The fourth-order valence-electron chi connectivity index (χ4n) is 2.13. The number of pyridine rings is 1. The van der Waals surface area contributed by atoms with Gasteiger partial charge in [0.25, 0.3) is 5.91 Å². The molecule has 2 amide bonds. The molecule has 1 unspecified atom stereocenters. The molecule has 0 aliphatic heterocycles. The molecule has 0 aromatic carbocycles. The number of halogens is 1. The van der Waals surface area contributed by atoms with Gasteiger partial charge in [-0.3, -0.25) is 14.6 Å². The van der Waals surface area contributed by atoms with Crippen LogP contribution in [0.3, 0.4) is 0 Å². The summed E-state index contributed by atoms with van der Waals surface area (Å²) in [5.41, 5.74) is 1.84. The third kappa shape index (κ3) is 4.75. The number of thiophene rings is 1. The van der Waals surface area contributed by atoms with Crippen LogP contribution in [0.5, 0.6) is 0 Å². The fraction of sp³-hybridized carbons (Fsp3) is 0.176. The molecule has 2 N–H and O–H groups in total. The Morgan fingerprint density at radius 2 is 2.00 bits per heavy atom. The molecule has 0 saturated carbocycles. The number of amides is 2. The molecule has 1 atom stereocenters. The van der Waals surface area contributed by atoms with Gasteiger partial charge in [0.2, 0.25) is 5.91 Å². The minimum absolute atomic E-state index is 0.255. The van der Waals surface area contributed by atoms with Crippen molar-refractivity contribution >= 4 is 50.4 Å². The van der Waals surface area contributed by atoms with E-state index in [4.69, 9.17) is 0 Å². The van der Waals surface area contributed by atoms with Crippen molar-refractivity contribution in [3.63, 3.8) is 0 Å². The topological polar surface area (TPSA) is 84.0 Å². The number of aromatic nitrogens is 2. The van der Waals surface area contributed by atoms with Gasteiger partial charge in [0.1, 0.15) is 11.0 Å². The predicted molar refractivity (Wildman–Crippen MR) is 106 cm³/mol. The van der Waals surface area contributed by atoms with Crippen LogP contribution in [-0.4, -0.2) is 27.8 Å². The Hall–Kier alpha value is -2.10. The van der Waals surface area contributed by atoms with E-state index in [9.17, 15) is 9.59 Å². The highest BCUT2D eigenvalue weighted by atomic mass is 79.9. The third-order valence-electron chi connectivity index (χ3n) is 3.48. The van der Waals surface area contributed by atoms with Crippen molar-refractivity contribution in [3.8, 4) is 11.3 Å². The Kier molecular flexibility index (Phi) is 6.12. The minimum Gasteiger partial charge on any atom is -0.348 e. The first-order valence-corrected chi connectivity index (χ1v) is 10.2. The van der Waals surface area contributed by atoms with E-state index in [2.05, 4.69) is 36.5 Å². The van der Waals surface area contributed by atoms with Crippen LogP contribution < -0.4 is 10.6 Å². The van der Waals surface area contributed by atoms with Crippen LogP contribution in [0.4, 0.5) is 0 Å². The number of carbonyl (C=O) groups excluding carboxylic acids is 2. The number of hydrogen-bond acceptors (Lipinski definition) is 6. The van der Waals surface area contributed by atoms with Gasteiger partial charge in [-0.1, -0.05) is 0 Å². The lowest BCUT2D eigenvalue weighted by Crippen LogP contribution is -2.44. The second kappa shape index (κ2) is 8.52. The molecule has 0 aliphatic rings. The number of hydrogen-bond donors (Lipinski definition) is 2.